The van der Waals surface area contributed by atoms with Gasteiger partial charge in [-0.2, -0.15) is 0 Å². The van der Waals surface area contributed by atoms with Crippen molar-refractivity contribution in [3.63, 3.8) is 0 Å². The van der Waals surface area contributed by atoms with E-state index in [1.807, 2.05) is 0 Å². The Kier molecular flexibility index (Phi) is 8.30. The predicted molar refractivity (Wildman–Crippen MR) is 109 cm³/mol. The molecule has 0 bridgehead atoms. The second kappa shape index (κ2) is 10.7. The van der Waals surface area contributed by atoms with Crippen LogP contribution in [0.5, 0.6) is 11.5 Å². The van der Waals surface area contributed by atoms with Gasteiger partial charge in [0.2, 0.25) is 5.91 Å². The van der Waals surface area contributed by atoms with Gasteiger partial charge in [0.05, 0.1) is 7.11 Å². The lowest BCUT2D eigenvalue weighted by Gasteiger charge is -2.36. The fourth-order valence-corrected chi connectivity index (χ4v) is 3.48. The zero-order valence-electron chi connectivity index (χ0n) is 17.2. The number of nitrogens with two attached hydrogens (primary N) is 1. The molecule has 0 spiro atoms. The van der Waals surface area contributed by atoms with Crippen molar-refractivity contribution in [2.75, 3.05) is 20.3 Å². The van der Waals surface area contributed by atoms with E-state index >= 15 is 0 Å². The summed E-state index contributed by atoms with van der Waals surface area (Å²) in [6.07, 6.45) is 5.97. The van der Waals surface area contributed by atoms with Crippen molar-refractivity contribution in [2.45, 2.75) is 57.4 Å². The minimum Gasteiger partial charge on any atom is -0.493 e. The molecule has 1 aromatic rings. The highest BCUT2D eigenvalue weighted by molar-refractivity contribution is 5.99. The summed E-state index contributed by atoms with van der Waals surface area (Å²) in [5.41, 5.74) is 4.55. The molecule has 2 rings (SSSR count). The van der Waals surface area contributed by atoms with Crippen molar-refractivity contribution in [1.29, 1.82) is 0 Å². The number of methoxy groups -OCH3 is 1. The Balaban J connectivity index is 2.16. The summed E-state index contributed by atoms with van der Waals surface area (Å²) in [6, 6.07) is 4.64. The van der Waals surface area contributed by atoms with Crippen LogP contribution in [0, 0.1) is 0 Å². The molecule has 4 N–H and O–H groups in total. The van der Waals surface area contributed by atoms with Crippen molar-refractivity contribution in [3.05, 3.63) is 23.8 Å². The molecule has 0 saturated heterocycles. The van der Waals surface area contributed by atoms with Gasteiger partial charge >= 0.3 is 0 Å². The molecule has 1 saturated carbocycles. The third-order valence-electron chi connectivity index (χ3n) is 5.11. The topological polar surface area (TPSA) is 120 Å². The quantitative estimate of drug-likeness (QED) is 0.514. The van der Waals surface area contributed by atoms with Gasteiger partial charge in [-0.15, -0.1) is 0 Å². The Bertz CT molecular complexity index is 729. The first-order chi connectivity index (χ1) is 13.9. The SMILES string of the molecule is CCCCNC(=O)C1(NC(=O)c2ccc(OCC(N)=O)c(OC)c2)CCCCC1. The third kappa shape index (κ3) is 6.10. The minimum atomic E-state index is -0.891. The summed E-state index contributed by atoms with van der Waals surface area (Å²) < 4.78 is 10.6. The molecule has 0 radical (unpaired) electrons. The van der Waals surface area contributed by atoms with E-state index in [2.05, 4.69) is 17.6 Å². The first kappa shape index (κ1) is 22.5. The second-order valence-electron chi connectivity index (χ2n) is 7.33. The van der Waals surface area contributed by atoms with Gasteiger partial charge in [-0.3, -0.25) is 14.4 Å². The number of benzene rings is 1. The zero-order chi connectivity index (χ0) is 21.3. The second-order valence-corrected chi connectivity index (χ2v) is 7.33. The molecule has 0 atom stereocenters. The van der Waals surface area contributed by atoms with E-state index < -0.39 is 11.4 Å². The highest BCUT2D eigenvalue weighted by atomic mass is 16.5. The molecule has 1 fully saturated rings. The Labute approximate surface area is 171 Å². The van der Waals surface area contributed by atoms with E-state index in [1.54, 1.807) is 12.1 Å². The summed E-state index contributed by atoms with van der Waals surface area (Å²) in [5, 5.41) is 5.94. The molecule has 1 aliphatic rings. The maximum Gasteiger partial charge on any atom is 0.255 e. The molecular weight excluding hydrogens is 374 g/mol. The molecule has 160 valence electrons. The molecular formula is C21H31N3O5. The number of nitrogens with one attached hydrogen (secondary N) is 2. The Hall–Kier alpha value is -2.77. The smallest absolute Gasteiger partial charge is 0.255 e. The number of ether oxygens (including phenoxy) is 2. The van der Waals surface area contributed by atoms with Crippen molar-refractivity contribution >= 4 is 17.7 Å². The van der Waals surface area contributed by atoms with Crippen LogP contribution in [-0.2, 0) is 9.59 Å². The van der Waals surface area contributed by atoms with E-state index in [0.717, 1.165) is 32.1 Å². The fourth-order valence-electron chi connectivity index (χ4n) is 3.48. The molecule has 8 nitrogen and oxygen atoms in total. The first-order valence-corrected chi connectivity index (χ1v) is 10.1. The van der Waals surface area contributed by atoms with Crippen molar-refractivity contribution in [1.82, 2.24) is 10.6 Å². The van der Waals surface area contributed by atoms with Gasteiger partial charge in [0, 0.05) is 12.1 Å². The number of rotatable bonds is 10. The van der Waals surface area contributed by atoms with Gasteiger partial charge in [0.25, 0.3) is 11.8 Å². The van der Waals surface area contributed by atoms with Gasteiger partial charge in [-0.1, -0.05) is 32.6 Å². The van der Waals surface area contributed by atoms with Crippen LogP contribution in [0.3, 0.4) is 0 Å². The molecule has 0 aliphatic heterocycles. The molecule has 3 amide bonds. The first-order valence-electron chi connectivity index (χ1n) is 10.1. The highest BCUT2D eigenvalue weighted by Gasteiger charge is 2.40. The van der Waals surface area contributed by atoms with Gasteiger partial charge in [-0.25, -0.2) is 0 Å². The van der Waals surface area contributed by atoms with E-state index in [4.69, 9.17) is 15.2 Å². The number of unbranched alkanes of at least 4 members (excludes halogenated alkanes) is 1. The lowest BCUT2D eigenvalue weighted by atomic mass is 9.80. The largest absolute Gasteiger partial charge is 0.493 e. The van der Waals surface area contributed by atoms with Crippen molar-refractivity contribution in [2.24, 2.45) is 5.73 Å². The molecule has 0 unspecified atom stereocenters. The van der Waals surface area contributed by atoms with E-state index in [-0.39, 0.29) is 18.4 Å². The summed E-state index contributed by atoms with van der Waals surface area (Å²) in [7, 11) is 1.44. The van der Waals surface area contributed by atoms with E-state index in [0.29, 0.717) is 36.4 Å². The number of hydrogen-bond donors (Lipinski definition) is 3. The lowest BCUT2D eigenvalue weighted by molar-refractivity contribution is -0.128. The molecule has 0 heterocycles. The Morgan fingerprint density at radius 1 is 1.14 bits per heavy atom. The monoisotopic (exact) mass is 405 g/mol. The molecule has 1 aromatic carbocycles. The third-order valence-corrected chi connectivity index (χ3v) is 5.11. The number of hydrogen-bond acceptors (Lipinski definition) is 5. The van der Waals surface area contributed by atoms with E-state index in [9.17, 15) is 14.4 Å². The van der Waals surface area contributed by atoms with Crippen LogP contribution in [0.4, 0.5) is 0 Å². The normalized spacial score (nSPS) is 15.2. The van der Waals surface area contributed by atoms with Gasteiger partial charge in [0.15, 0.2) is 18.1 Å². The van der Waals surface area contributed by atoms with Crippen LogP contribution in [0.25, 0.3) is 0 Å². The lowest BCUT2D eigenvalue weighted by Crippen LogP contribution is -2.59. The van der Waals surface area contributed by atoms with Gasteiger partial charge in [0.1, 0.15) is 5.54 Å². The number of carbonyl (C=O) groups excluding carboxylic acids is 3. The molecule has 8 heteroatoms. The number of primary amides is 1. The number of amides is 3. The van der Waals surface area contributed by atoms with Crippen LogP contribution < -0.4 is 25.8 Å². The molecule has 29 heavy (non-hydrogen) atoms. The minimum absolute atomic E-state index is 0.118. The van der Waals surface area contributed by atoms with Gasteiger partial charge in [-0.05, 0) is 37.5 Å². The Morgan fingerprint density at radius 2 is 1.86 bits per heavy atom. The standard InChI is InChI=1S/C21H31N3O5/c1-3-4-12-23-20(27)21(10-6-5-7-11-21)24-19(26)15-8-9-16(17(13-15)28-2)29-14-18(22)25/h8-9,13H,3-7,10-12,14H2,1-2H3,(H2,22,25)(H,23,27)(H,24,26). The maximum absolute atomic E-state index is 12.9. The van der Waals surface area contributed by atoms with Crippen LogP contribution in [-0.4, -0.2) is 43.5 Å². The van der Waals surface area contributed by atoms with Crippen molar-refractivity contribution in [3.8, 4) is 11.5 Å². The van der Waals surface area contributed by atoms with Crippen LogP contribution in [0.15, 0.2) is 18.2 Å². The zero-order valence-corrected chi connectivity index (χ0v) is 17.2. The van der Waals surface area contributed by atoms with Crippen LogP contribution >= 0.6 is 0 Å². The van der Waals surface area contributed by atoms with Crippen LogP contribution in [0.2, 0.25) is 0 Å². The van der Waals surface area contributed by atoms with Crippen molar-refractivity contribution < 1.29 is 23.9 Å². The van der Waals surface area contributed by atoms with E-state index in [1.165, 1.54) is 13.2 Å². The Morgan fingerprint density at radius 3 is 2.48 bits per heavy atom. The maximum atomic E-state index is 12.9. The number of carbonyl (C=O) groups is 3. The van der Waals surface area contributed by atoms with Gasteiger partial charge < -0.3 is 25.8 Å². The highest BCUT2D eigenvalue weighted by Crippen LogP contribution is 2.31. The summed E-state index contributed by atoms with van der Waals surface area (Å²) in [5.74, 6) is -0.455. The summed E-state index contributed by atoms with van der Waals surface area (Å²) in [6.45, 7) is 2.38. The summed E-state index contributed by atoms with van der Waals surface area (Å²) in [4.78, 5) is 36.7. The average Bonchev–Trinajstić information content (AvgIpc) is 2.72. The predicted octanol–water partition coefficient (Wildman–Crippen LogP) is 1.91. The molecule has 1 aliphatic carbocycles. The van der Waals surface area contributed by atoms with Crippen LogP contribution in [0.1, 0.15) is 62.2 Å². The summed E-state index contributed by atoms with van der Waals surface area (Å²) >= 11 is 0. The average molecular weight is 405 g/mol. The molecule has 0 aromatic heterocycles. The fraction of sp³-hybridized carbons (Fsp3) is 0.571.